The molecule has 6 heteroatoms. The van der Waals surface area contributed by atoms with Crippen LogP contribution in [0.5, 0.6) is 0 Å². The molecule has 5 nitrogen and oxygen atoms in total. The normalized spacial score (nSPS) is 14.7. The van der Waals surface area contributed by atoms with Crippen LogP contribution in [-0.4, -0.2) is 35.7 Å². The summed E-state index contributed by atoms with van der Waals surface area (Å²) in [6.45, 7) is 0.455. The average molecular weight is 196 g/mol. The number of nitrogens with one attached hydrogen (secondary N) is 1. The largest absolute Gasteiger partial charge is 0.466 e. The summed E-state index contributed by atoms with van der Waals surface area (Å²) in [7, 11) is 1.11. The number of hydrogen-bond donors (Lipinski definition) is 2. The Kier molecular flexibility index (Phi) is 3.99. The van der Waals surface area contributed by atoms with E-state index >= 15 is 0 Å². The zero-order chi connectivity index (χ0) is 9.78. The predicted molar refractivity (Wildman–Crippen MR) is 41.5 cm³/mol. The molecule has 1 amide bonds. The first kappa shape index (κ1) is 11.2. The topological polar surface area (TPSA) is 75.6 Å². The minimum absolute atomic E-state index is 0.524. The van der Waals surface area contributed by atoms with Gasteiger partial charge in [-0.25, -0.2) is 4.79 Å². The van der Waals surface area contributed by atoms with Crippen molar-refractivity contribution in [3.63, 3.8) is 0 Å². The van der Waals surface area contributed by atoms with Gasteiger partial charge >= 0.3 is 5.97 Å². The Bertz CT molecular complexity index is 196. The van der Waals surface area contributed by atoms with Crippen molar-refractivity contribution in [2.75, 3.05) is 13.7 Å². The van der Waals surface area contributed by atoms with Gasteiger partial charge in [0.05, 0.1) is 13.7 Å². The van der Waals surface area contributed by atoms with Crippen molar-refractivity contribution < 1.29 is 19.4 Å². The maximum absolute atomic E-state index is 10.9. The van der Waals surface area contributed by atoms with E-state index in [1.165, 1.54) is 6.92 Å². The Morgan fingerprint density at radius 1 is 1.67 bits per heavy atom. The fourth-order valence-electron chi connectivity index (χ4n) is 0.596. The summed E-state index contributed by atoms with van der Waals surface area (Å²) >= 11 is 5.51. The van der Waals surface area contributed by atoms with E-state index in [4.69, 9.17) is 16.7 Å². The molecule has 0 unspecified atom stereocenters. The molecule has 0 aliphatic rings. The monoisotopic (exact) mass is 195 g/mol. The number of amides is 1. The molecule has 0 aromatic carbocycles. The minimum Gasteiger partial charge on any atom is -0.466 e. The average Bonchev–Trinajstić information content (AvgIpc) is 2.01. The Labute approximate surface area is 74.6 Å². The molecular formula is C6H10ClNO4. The van der Waals surface area contributed by atoms with Crippen LogP contribution in [0.1, 0.15) is 6.92 Å². The van der Waals surface area contributed by atoms with E-state index in [0.29, 0.717) is 0 Å². The van der Waals surface area contributed by atoms with Gasteiger partial charge in [0.15, 0.2) is 0 Å². The molecule has 0 rings (SSSR count). The lowest BCUT2D eigenvalue weighted by Crippen LogP contribution is -2.52. The molecule has 0 saturated heterocycles. The van der Waals surface area contributed by atoms with Crippen LogP contribution < -0.4 is 5.32 Å². The summed E-state index contributed by atoms with van der Waals surface area (Å²) in [5, 5.41) is 10.7. The molecule has 0 radical (unpaired) electrons. The second kappa shape index (κ2) is 4.27. The Hall–Kier alpha value is -0.810. The second-order valence-electron chi connectivity index (χ2n) is 2.13. The summed E-state index contributed by atoms with van der Waals surface area (Å²) in [5.41, 5.74) is 0. The number of methoxy groups -OCH3 is 1. The van der Waals surface area contributed by atoms with Crippen LogP contribution in [0.2, 0.25) is 0 Å². The molecule has 0 saturated carbocycles. The van der Waals surface area contributed by atoms with Crippen LogP contribution in [0.4, 0.5) is 0 Å². The minimum atomic E-state index is -1.86. The number of carbonyl (C=O) groups excluding carboxylic acids is 2. The van der Waals surface area contributed by atoms with Crippen molar-refractivity contribution in [2.24, 2.45) is 0 Å². The number of aliphatic hydroxyl groups is 1. The zero-order valence-corrected chi connectivity index (χ0v) is 7.51. The van der Waals surface area contributed by atoms with Gasteiger partial charge in [0, 0.05) is 6.92 Å². The molecule has 0 aliphatic heterocycles. The van der Waals surface area contributed by atoms with Gasteiger partial charge in [-0.1, -0.05) is 11.6 Å². The van der Waals surface area contributed by atoms with Crippen molar-refractivity contribution in [2.45, 2.75) is 11.9 Å². The summed E-state index contributed by atoms with van der Waals surface area (Å²) in [4.78, 5) is 19.5. The number of alkyl halides is 1. The van der Waals surface area contributed by atoms with Crippen LogP contribution in [-0.2, 0) is 14.3 Å². The van der Waals surface area contributed by atoms with Gasteiger partial charge in [-0.3, -0.25) is 4.79 Å². The van der Waals surface area contributed by atoms with Crippen molar-refractivity contribution in [3.05, 3.63) is 0 Å². The molecule has 0 aromatic heterocycles. The molecule has 0 spiro atoms. The van der Waals surface area contributed by atoms with E-state index in [1.54, 1.807) is 0 Å². The number of aliphatic hydroxyl groups excluding tert-OH is 1. The molecule has 1 atom stereocenters. The number of ether oxygens (including phenoxy) is 1. The maximum atomic E-state index is 10.9. The second-order valence-corrected chi connectivity index (χ2v) is 2.78. The molecule has 0 aliphatic carbocycles. The zero-order valence-electron chi connectivity index (χ0n) is 6.76. The van der Waals surface area contributed by atoms with E-state index < -0.39 is 23.5 Å². The molecule has 0 aromatic rings. The highest BCUT2D eigenvalue weighted by atomic mass is 35.5. The van der Waals surface area contributed by atoms with E-state index in [0.717, 1.165) is 7.11 Å². The quantitative estimate of drug-likeness (QED) is 0.352. The Balaban J connectivity index is 4.44. The third-order valence-electron chi connectivity index (χ3n) is 1.10. The van der Waals surface area contributed by atoms with Gasteiger partial charge in [0.1, 0.15) is 0 Å². The number of hydrogen-bond acceptors (Lipinski definition) is 4. The first-order chi connectivity index (χ1) is 5.46. The summed E-state index contributed by atoms with van der Waals surface area (Å²) in [6, 6.07) is 0. The van der Waals surface area contributed by atoms with E-state index in [2.05, 4.69) is 10.1 Å². The van der Waals surface area contributed by atoms with Crippen LogP contribution in [0.15, 0.2) is 0 Å². The molecule has 70 valence electrons. The van der Waals surface area contributed by atoms with Gasteiger partial charge < -0.3 is 15.2 Å². The van der Waals surface area contributed by atoms with Crippen LogP contribution in [0, 0.1) is 0 Å². The summed E-state index contributed by atoms with van der Waals surface area (Å²) < 4.78 is 4.26. The maximum Gasteiger partial charge on any atom is 0.349 e. The number of carbonyl (C=O) groups is 2. The number of halogens is 1. The smallest absolute Gasteiger partial charge is 0.349 e. The molecule has 0 fully saturated rings. The lowest BCUT2D eigenvalue weighted by atomic mass is 10.3. The van der Waals surface area contributed by atoms with Crippen LogP contribution >= 0.6 is 11.6 Å². The summed E-state index contributed by atoms with van der Waals surface area (Å²) in [6.07, 6.45) is 0. The summed E-state index contributed by atoms with van der Waals surface area (Å²) in [5.74, 6) is -1.42. The third kappa shape index (κ3) is 2.67. The van der Waals surface area contributed by atoms with Crippen molar-refractivity contribution in [3.8, 4) is 0 Å². The highest BCUT2D eigenvalue weighted by Crippen LogP contribution is 2.11. The first-order valence-corrected chi connectivity index (χ1v) is 3.51. The van der Waals surface area contributed by atoms with E-state index in [1.807, 2.05) is 0 Å². The van der Waals surface area contributed by atoms with Crippen molar-refractivity contribution >= 4 is 23.5 Å². The Morgan fingerprint density at radius 2 is 2.17 bits per heavy atom. The van der Waals surface area contributed by atoms with Gasteiger partial charge in [0.25, 0.3) is 0 Å². The SMILES string of the molecule is COC(=O)[C@](Cl)(CO)NC(C)=O. The molecule has 0 heterocycles. The fourth-order valence-corrected chi connectivity index (χ4v) is 0.806. The van der Waals surface area contributed by atoms with Crippen LogP contribution in [0.25, 0.3) is 0 Å². The third-order valence-corrected chi connectivity index (χ3v) is 1.47. The first-order valence-electron chi connectivity index (χ1n) is 3.13. The van der Waals surface area contributed by atoms with Gasteiger partial charge in [-0.2, -0.15) is 0 Å². The molecular weight excluding hydrogens is 186 g/mol. The molecule has 12 heavy (non-hydrogen) atoms. The van der Waals surface area contributed by atoms with Gasteiger partial charge in [-0.05, 0) is 0 Å². The molecule has 2 N–H and O–H groups in total. The van der Waals surface area contributed by atoms with Crippen molar-refractivity contribution in [1.82, 2.24) is 5.32 Å². The lowest BCUT2D eigenvalue weighted by Gasteiger charge is -2.21. The Morgan fingerprint density at radius 3 is 2.42 bits per heavy atom. The van der Waals surface area contributed by atoms with Gasteiger partial charge in [0.2, 0.25) is 10.9 Å². The highest BCUT2D eigenvalue weighted by molar-refractivity contribution is 6.34. The van der Waals surface area contributed by atoms with Gasteiger partial charge in [-0.15, -0.1) is 0 Å². The fraction of sp³-hybridized carbons (Fsp3) is 0.667. The highest BCUT2D eigenvalue weighted by Gasteiger charge is 2.37. The predicted octanol–water partition coefficient (Wildman–Crippen LogP) is -0.777. The van der Waals surface area contributed by atoms with Crippen molar-refractivity contribution in [1.29, 1.82) is 0 Å². The standard InChI is InChI=1S/C6H10ClNO4/c1-4(10)8-6(7,3-9)5(11)12-2/h9H,3H2,1-2H3,(H,8,10)/t6-/m0/s1. The number of rotatable bonds is 3. The number of esters is 1. The molecule has 0 bridgehead atoms. The van der Waals surface area contributed by atoms with E-state index in [9.17, 15) is 9.59 Å². The van der Waals surface area contributed by atoms with Crippen LogP contribution in [0.3, 0.4) is 0 Å². The van der Waals surface area contributed by atoms with E-state index in [-0.39, 0.29) is 0 Å². The lowest BCUT2D eigenvalue weighted by molar-refractivity contribution is -0.148.